The molecule has 12 aromatic carbocycles. The van der Waals surface area contributed by atoms with E-state index in [1.165, 1.54) is 121 Å². The minimum Gasteiger partial charge on any atom is -0.0622 e. The van der Waals surface area contributed by atoms with Crippen molar-refractivity contribution in [1.82, 2.24) is 0 Å². The first-order chi connectivity index (χ1) is 34.3. The SMILES string of the molecule is CC(C)c1ccc(-c2cc(-c3ccc4ccccc4c3)cc(-c3ccc4ccccc4c3)c2)cc1.CC(C)c1ccc(-c2cc(-c3ccccc3)cc(-c3cc4ccccc4c4ccccc34)c2)cc1. The molecule has 0 spiro atoms. The molecule has 0 aliphatic heterocycles. The van der Waals surface area contributed by atoms with Crippen LogP contribution in [0.2, 0.25) is 0 Å². The summed E-state index contributed by atoms with van der Waals surface area (Å²) in [5, 5.41) is 10.2. The summed E-state index contributed by atoms with van der Waals surface area (Å²) >= 11 is 0. The molecule has 0 heterocycles. The average molecular weight is 897 g/mol. The molecule has 0 radical (unpaired) electrons. The maximum Gasteiger partial charge on any atom is -0.00986 e. The monoisotopic (exact) mass is 896 g/mol. The third kappa shape index (κ3) is 9.17. The lowest BCUT2D eigenvalue weighted by atomic mass is 9.89. The third-order valence-electron chi connectivity index (χ3n) is 14.0. The molecule has 0 nitrogen and oxygen atoms in total. The second kappa shape index (κ2) is 19.4. The minimum absolute atomic E-state index is 0.527. The summed E-state index contributed by atoms with van der Waals surface area (Å²) in [7, 11) is 0. The quantitative estimate of drug-likeness (QED) is 0.133. The van der Waals surface area contributed by atoms with E-state index in [2.05, 4.69) is 282 Å². The third-order valence-corrected chi connectivity index (χ3v) is 14.0. The number of benzene rings is 12. The molecule has 0 aliphatic rings. The molecule has 0 bridgehead atoms. The van der Waals surface area contributed by atoms with Crippen molar-refractivity contribution in [2.75, 3.05) is 0 Å². The maximum absolute atomic E-state index is 2.35. The predicted octanol–water partition coefficient (Wildman–Crippen LogP) is 20.2. The molecular weight excluding hydrogens is 841 g/mol. The summed E-state index contributed by atoms with van der Waals surface area (Å²) < 4.78 is 0. The van der Waals surface area contributed by atoms with Gasteiger partial charge in [-0.3, -0.25) is 0 Å². The Hall–Kier alpha value is -8.32. The minimum atomic E-state index is 0.527. The zero-order valence-corrected chi connectivity index (χ0v) is 40.4. The lowest BCUT2D eigenvalue weighted by Crippen LogP contribution is -1.90. The second-order valence-electron chi connectivity index (χ2n) is 19.3. The van der Waals surface area contributed by atoms with Gasteiger partial charge in [-0.1, -0.05) is 228 Å². The molecule has 0 amide bonds. The molecule has 0 unspecified atom stereocenters. The Balaban J connectivity index is 0.000000152. The molecule has 12 aromatic rings. The lowest BCUT2D eigenvalue weighted by Gasteiger charge is -2.15. The Morgan fingerprint density at radius 2 is 0.543 bits per heavy atom. The molecule has 0 aliphatic carbocycles. The van der Waals surface area contributed by atoms with Gasteiger partial charge in [-0.05, 0) is 187 Å². The number of rotatable bonds is 8. The van der Waals surface area contributed by atoms with Gasteiger partial charge in [0, 0.05) is 0 Å². The van der Waals surface area contributed by atoms with Gasteiger partial charge in [-0.15, -0.1) is 0 Å². The highest BCUT2D eigenvalue weighted by Gasteiger charge is 2.14. The Kier molecular flexibility index (Phi) is 12.2. The van der Waals surface area contributed by atoms with E-state index in [9.17, 15) is 0 Å². The average Bonchev–Trinajstić information content (AvgIpc) is 3.42. The molecule has 0 atom stereocenters. The van der Waals surface area contributed by atoms with Crippen LogP contribution in [-0.4, -0.2) is 0 Å². The van der Waals surface area contributed by atoms with Crippen molar-refractivity contribution in [3.63, 3.8) is 0 Å². The zero-order chi connectivity index (χ0) is 47.6. The van der Waals surface area contributed by atoms with Crippen molar-refractivity contribution >= 4 is 43.1 Å². The van der Waals surface area contributed by atoms with Crippen LogP contribution >= 0.6 is 0 Å². The summed E-state index contributed by atoms with van der Waals surface area (Å²) in [6, 6.07) is 93.4. The fourth-order valence-electron chi connectivity index (χ4n) is 10.0. The lowest BCUT2D eigenvalue weighted by molar-refractivity contribution is 0.867. The first-order valence-electron chi connectivity index (χ1n) is 24.8. The van der Waals surface area contributed by atoms with Gasteiger partial charge in [0.2, 0.25) is 0 Å². The molecule has 0 saturated heterocycles. The van der Waals surface area contributed by atoms with Gasteiger partial charge in [-0.2, -0.15) is 0 Å². The van der Waals surface area contributed by atoms with Crippen LogP contribution in [0, 0.1) is 0 Å². The van der Waals surface area contributed by atoms with Crippen molar-refractivity contribution in [1.29, 1.82) is 0 Å². The van der Waals surface area contributed by atoms with Crippen molar-refractivity contribution in [3.8, 4) is 66.8 Å². The van der Waals surface area contributed by atoms with Crippen molar-refractivity contribution < 1.29 is 0 Å². The molecule has 70 heavy (non-hydrogen) atoms. The summed E-state index contributed by atoms with van der Waals surface area (Å²) in [6.45, 7) is 8.97. The second-order valence-corrected chi connectivity index (χ2v) is 19.3. The van der Waals surface area contributed by atoms with Crippen LogP contribution in [0.15, 0.2) is 255 Å². The van der Waals surface area contributed by atoms with Crippen LogP contribution in [0.25, 0.3) is 110 Å². The van der Waals surface area contributed by atoms with Gasteiger partial charge in [0.1, 0.15) is 0 Å². The molecule has 0 fully saturated rings. The number of hydrogen-bond donors (Lipinski definition) is 0. The standard InChI is InChI=1S/2C35H28/c1-24(2)25-11-13-28(14-12-25)33-21-34(31-17-15-26-7-3-5-9-29(26)19-31)23-35(22-33)32-18-16-27-8-4-6-10-30(27)20-32;1-24(2)25-16-18-27(19-17-25)30-20-29(26-10-4-3-5-11-26)21-31(22-30)35-23-28-12-6-7-13-32(28)33-14-8-9-15-34(33)35/h2*3-24H,1-2H3. The van der Waals surface area contributed by atoms with Crippen LogP contribution < -0.4 is 0 Å². The van der Waals surface area contributed by atoms with Gasteiger partial charge < -0.3 is 0 Å². The van der Waals surface area contributed by atoms with Crippen molar-refractivity contribution in [3.05, 3.63) is 266 Å². The largest absolute Gasteiger partial charge is 0.0622 e. The maximum atomic E-state index is 2.35. The van der Waals surface area contributed by atoms with E-state index in [0.29, 0.717) is 11.8 Å². The highest BCUT2D eigenvalue weighted by atomic mass is 14.2. The van der Waals surface area contributed by atoms with E-state index in [0.717, 1.165) is 0 Å². The van der Waals surface area contributed by atoms with Gasteiger partial charge in [0.05, 0.1) is 0 Å². The normalized spacial score (nSPS) is 11.4. The van der Waals surface area contributed by atoms with Crippen LogP contribution in [0.1, 0.15) is 50.7 Å². The molecule has 12 rings (SSSR count). The van der Waals surface area contributed by atoms with Crippen LogP contribution in [0.5, 0.6) is 0 Å². The first-order valence-corrected chi connectivity index (χ1v) is 24.8. The highest BCUT2D eigenvalue weighted by molar-refractivity contribution is 6.14. The highest BCUT2D eigenvalue weighted by Crippen LogP contribution is 2.40. The smallest absolute Gasteiger partial charge is 0.00986 e. The Morgan fingerprint density at radius 1 is 0.200 bits per heavy atom. The van der Waals surface area contributed by atoms with E-state index >= 15 is 0 Å². The van der Waals surface area contributed by atoms with E-state index in [4.69, 9.17) is 0 Å². The van der Waals surface area contributed by atoms with Crippen LogP contribution in [0.4, 0.5) is 0 Å². The van der Waals surface area contributed by atoms with Gasteiger partial charge in [0.25, 0.3) is 0 Å². The van der Waals surface area contributed by atoms with E-state index in [1.807, 2.05) is 0 Å². The molecule has 0 heteroatoms. The molecule has 336 valence electrons. The van der Waals surface area contributed by atoms with Crippen molar-refractivity contribution in [2.45, 2.75) is 39.5 Å². The summed E-state index contributed by atoms with van der Waals surface area (Å²) in [5.41, 5.74) is 17.7. The van der Waals surface area contributed by atoms with Gasteiger partial charge in [-0.25, -0.2) is 0 Å². The predicted molar refractivity (Wildman–Crippen MR) is 304 cm³/mol. The zero-order valence-electron chi connectivity index (χ0n) is 40.4. The van der Waals surface area contributed by atoms with Gasteiger partial charge in [0.15, 0.2) is 0 Å². The van der Waals surface area contributed by atoms with Crippen LogP contribution in [0.3, 0.4) is 0 Å². The van der Waals surface area contributed by atoms with E-state index in [-0.39, 0.29) is 0 Å². The summed E-state index contributed by atoms with van der Waals surface area (Å²) in [4.78, 5) is 0. The molecule has 0 N–H and O–H groups in total. The molecular formula is C70H56. The van der Waals surface area contributed by atoms with E-state index < -0.39 is 0 Å². The van der Waals surface area contributed by atoms with Gasteiger partial charge >= 0.3 is 0 Å². The Labute approximate surface area is 413 Å². The summed E-state index contributed by atoms with van der Waals surface area (Å²) in [5.74, 6) is 1.06. The molecule has 0 saturated carbocycles. The summed E-state index contributed by atoms with van der Waals surface area (Å²) in [6.07, 6.45) is 0. The topological polar surface area (TPSA) is 0 Å². The number of fused-ring (bicyclic) bond motifs is 5. The fraction of sp³-hybridized carbons (Fsp3) is 0.0857. The van der Waals surface area contributed by atoms with Crippen LogP contribution in [-0.2, 0) is 0 Å². The van der Waals surface area contributed by atoms with Crippen molar-refractivity contribution in [2.24, 2.45) is 0 Å². The fourth-order valence-corrected chi connectivity index (χ4v) is 10.0. The molecule has 0 aromatic heterocycles. The first kappa shape index (κ1) is 44.2. The van der Waals surface area contributed by atoms with E-state index in [1.54, 1.807) is 0 Å². The number of hydrogen-bond acceptors (Lipinski definition) is 0. The Bertz CT molecular complexity index is 3700. The Morgan fingerprint density at radius 3 is 1.01 bits per heavy atom.